The van der Waals surface area contributed by atoms with E-state index in [9.17, 15) is 22.8 Å². The molecule has 1 amide bonds. The second-order valence-corrected chi connectivity index (χ2v) is 9.23. The highest BCUT2D eigenvalue weighted by Crippen LogP contribution is 2.34. The Labute approximate surface area is 199 Å². The van der Waals surface area contributed by atoms with Gasteiger partial charge < -0.3 is 15.0 Å². The van der Waals surface area contributed by atoms with Gasteiger partial charge in [0, 0.05) is 29.7 Å². The van der Waals surface area contributed by atoms with Crippen LogP contribution in [0.4, 0.5) is 13.2 Å². The molecule has 1 aliphatic carbocycles. The van der Waals surface area contributed by atoms with E-state index in [4.69, 9.17) is 16.7 Å². The van der Waals surface area contributed by atoms with Gasteiger partial charge in [0.05, 0.1) is 22.6 Å². The first-order valence-corrected chi connectivity index (χ1v) is 11.4. The summed E-state index contributed by atoms with van der Waals surface area (Å²) in [4.78, 5) is 24.2. The Morgan fingerprint density at radius 3 is 2.35 bits per heavy atom. The van der Waals surface area contributed by atoms with Crippen molar-refractivity contribution in [3.05, 3.63) is 70.4 Å². The fraction of sp³-hybridized carbons (Fsp3) is 0.360. The van der Waals surface area contributed by atoms with E-state index in [1.165, 1.54) is 0 Å². The van der Waals surface area contributed by atoms with E-state index in [1.807, 2.05) is 12.1 Å². The lowest BCUT2D eigenvalue weighted by Crippen LogP contribution is -2.32. The van der Waals surface area contributed by atoms with Crippen LogP contribution in [-0.2, 0) is 17.5 Å². The number of hydrogen-bond acceptors (Lipinski definition) is 2. The maximum absolute atomic E-state index is 13.5. The molecular formula is C25H24ClF3N2O3. The third-order valence-corrected chi connectivity index (χ3v) is 6.70. The normalized spacial score (nSPS) is 18.7. The molecular weight excluding hydrogens is 469 g/mol. The fourth-order valence-corrected chi connectivity index (χ4v) is 4.68. The van der Waals surface area contributed by atoms with Gasteiger partial charge in [0.1, 0.15) is 0 Å². The molecule has 0 spiro atoms. The first-order chi connectivity index (χ1) is 16.1. The molecule has 0 atom stereocenters. The van der Waals surface area contributed by atoms with Crippen molar-refractivity contribution < 1.29 is 27.9 Å². The number of carboxylic acid groups (broad SMARTS) is 1. The van der Waals surface area contributed by atoms with E-state index < -0.39 is 23.6 Å². The Balaban J connectivity index is 1.59. The summed E-state index contributed by atoms with van der Waals surface area (Å²) in [6.45, 7) is 0.659. The van der Waals surface area contributed by atoms with Gasteiger partial charge in [0.2, 0.25) is 0 Å². The number of nitrogens with one attached hydrogen (secondary N) is 1. The number of hydrogen-bond donors (Lipinski definition) is 2. The minimum Gasteiger partial charge on any atom is -0.481 e. The van der Waals surface area contributed by atoms with Gasteiger partial charge in [-0.05, 0) is 67.5 Å². The van der Waals surface area contributed by atoms with Crippen molar-refractivity contribution in [2.45, 2.75) is 38.4 Å². The average molecular weight is 493 g/mol. The van der Waals surface area contributed by atoms with Gasteiger partial charge >= 0.3 is 12.1 Å². The van der Waals surface area contributed by atoms with Gasteiger partial charge in [-0.25, -0.2) is 0 Å². The molecule has 1 saturated carbocycles. The molecule has 2 N–H and O–H groups in total. The molecule has 9 heteroatoms. The number of amides is 1. The average Bonchev–Trinajstić information content (AvgIpc) is 3.21. The van der Waals surface area contributed by atoms with Gasteiger partial charge in [0.15, 0.2) is 0 Å². The van der Waals surface area contributed by atoms with E-state index in [-0.39, 0.29) is 17.4 Å². The smallest absolute Gasteiger partial charge is 0.416 e. The quantitative estimate of drug-likeness (QED) is 0.444. The molecule has 180 valence electrons. The zero-order chi connectivity index (χ0) is 24.5. The number of nitrogens with zero attached hydrogens (tertiary/aromatic N) is 1. The number of aromatic nitrogens is 1. The summed E-state index contributed by atoms with van der Waals surface area (Å²) in [5.41, 5.74) is 0.401. The topological polar surface area (TPSA) is 71.3 Å². The SMILES string of the molecule is O=C(NC[C@H]1CC[C@H](C(=O)O)CC1)c1cc(C(F)(F)F)cc2ccn(Cc3ccc(Cl)cc3)c12. The predicted molar refractivity (Wildman–Crippen MR) is 123 cm³/mol. The molecule has 1 aromatic heterocycles. The van der Waals surface area contributed by atoms with Crippen LogP contribution in [0.15, 0.2) is 48.7 Å². The Hall–Kier alpha value is -3.00. The van der Waals surface area contributed by atoms with Crippen molar-refractivity contribution in [3.63, 3.8) is 0 Å². The summed E-state index contributed by atoms with van der Waals surface area (Å²) in [6.07, 6.45) is -0.536. The van der Waals surface area contributed by atoms with Crippen LogP contribution in [-0.4, -0.2) is 28.1 Å². The summed E-state index contributed by atoms with van der Waals surface area (Å²) in [7, 11) is 0. The summed E-state index contributed by atoms with van der Waals surface area (Å²) in [5, 5.41) is 12.8. The molecule has 0 radical (unpaired) electrons. The van der Waals surface area contributed by atoms with Gasteiger partial charge in [-0.15, -0.1) is 0 Å². The minimum atomic E-state index is -4.59. The van der Waals surface area contributed by atoms with Crippen molar-refractivity contribution in [2.75, 3.05) is 6.54 Å². The number of carbonyl (C=O) groups excluding carboxylic acids is 1. The highest BCUT2D eigenvalue weighted by atomic mass is 35.5. The van der Waals surface area contributed by atoms with Crippen LogP contribution >= 0.6 is 11.6 Å². The lowest BCUT2D eigenvalue weighted by atomic mass is 9.82. The summed E-state index contributed by atoms with van der Waals surface area (Å²) in [5.74, 6) is -1.66. The maximum atomic E-state index is 13.5. The largest absolute Gasteiger partial charge is 0.481 e. The predicted octanol–water partition coefficient (Wildman–Crippen LogP) is 5.98. The third-order valence-electron chi connectivity index (χ3n) is 6.45. The fourth-order valence-electron chi connectivity index (χ4n) is 4.55. The van der Waals surface area contributed by atoms with Gasteiger partial charge in [-0.3, -0.25) is 9.59 Å². The first kappa shape index (κ1) is 24.1. The van der Waals surface area contributed by atoms with Crippen molar-refractivity contribution in [3.8, 4) is 0 Å². The van der Waals surface area contributed by atoms with Crippen molar-refractivity contribution >= 4 is 34.4 Å². The number of carboxylic acids is 1. The van der Waals surface area contributed by atoms with Crippen LogP contribution < -0.4 is 5.32 Å². The molecule has 0 aliphatic heterocycles. The lowest BCUT2D eigenvalue weighted by molar-refractivity contribution is -0.143. The van der Waals surface area contributed by atoms with E-state index in [2.05, 4.69) is 5.32 Å². The number of halogens is 4. The molecule has 1 heterocycles. The molecule has 1 fully saturated rings. The molecule has 0 saturated heterocycles. The van der Waals surface area contributed by atoms with Gasteiger partial charge in [-0.2, -0.15) is 13.2 Å². The highest BCUT2D eigenvalue weighted by molar-refractivity contribution is 6.30. The van der Waals surface area contributed by atoms with E-state index in [0.29, 0.717) is 54.7 Å². The molecule has 1 aliphatic rings. The molecule has 5 nitrogen and oxygen atoms in total. The third kappa shape index (κ3) is 5.38. The van der Waals surface area contributed by atoms with E-state index >= 15 is 0 Å². The van der Waals surface area contributed by atoms with Crippen LogP contribution in [0.1, 0.15) is 47.2 Å². The summed E-state index contributed by atoms with van der Waals surface area (Å²) < 4.78 is 42.3. The standard InChI is InChI=1S/C25H24ClF3N2O3/c26-20-7-3-16(4-8-20)14-31-10-9-18-11-19(25(27,28)29)12-21(22(18)31)23(32)30-13-15-1-5-17(6-2-15)24(33)34/h3-4,7-12,15,17H,1-2,5-6,13-14H2,(H,30,32)(H,33,34)/t15-,17-. The minimum absolute atomic E-state index is 0.0389. The number of benzene rings is 2. The highest BCUT2D eigenvalue weighted by Gasteiger charge is 2.33. The monoisotopic (exact) mass is 492 g/mol. The zero-order valence-electron chi connectivity index (χ0n) is 18.2. The molecule has 2 aromatic carbocycles. The number of fused-ring (bicyclic) bond motifs is 1. The number of rotatable bonds is 6. The van der Waals surface area contributed by atoms with E-state index in [1.54, 1.807) is 29.0 Å². The van der Waals surface area contributed by atoms with Crippen molar-refractivity contribution in [1.82, 2.24) is 9.88 Å². The second kappa shape index (κ2) is 9.70. The molecule has 0 unspecified atom stereocenters. The molecule has 3 aromatic rings. The van der Waals surface area contributed by atoms with Crippen molar-refractivity contribution in [2.24, 2.45) is 11.8 Å². The first-order valence-electron chi connectivity index (χ1n) is 11.1. The lowest BCUT2D eigenvalue weighted by Gasteiger charge is -2.26. The van der Waals surface area contributed by atoms with Crippen LogP contribution in [0.25, 0.3) is 10.9 Å². The van der Waals surface area contributed by atoms with Crippen LogP contribution in [0.3, 0.4) is 0 Å². The summed E-state index contributed by atoms with van der Waals surface area (Å²) >= 11 is 5.94. The molecule has 0 bridgehead atoms. The number of alkyl halides is 3. The Morgan fingerprint density at radius 1 is 1.06 bits per heavy atom. The van der Waals surface area contributed by atoms with Crippen LogP contribution in [0, 0.1) is 11.8 Å². The molecule has 34 heavy (non-hydrogen) atoms. The Morgan fingerprint density at radius 2 is 1.74 bits per heavy atom. The second-order valence-electron chi connectivity index (χ2n) is 8.80. The van der Waals surface area contributed by atoms with Crippen LogP contribution in [0.5, 0.6) is 0 Å². The number of carbonyl (C=O) groups is 2. The summed E-state index contributed by atoms with van der Waals surface area (Å²) in [6, 6.07) is 10.6. The van der Waals surface area contributed by atoms with E-state index in [0.717, 1.165) is 17.7 Å². The van der Waals surface area contributed by atoms with Gasteiger partial charge in [0.25, 0.3) is 5.91 Å². The van der Waals surface area contributed by atoms with Crippen molar-refractivity contribution in [1.29, 1.82) is 0 Å². The molecule has 4 rings (SSSR count). The zero-order valence-corrected chi connectivity index (χ0v) is 19.0. The van der Waals surface area contributed by atoms with Crippen LogP contribution in [0.2, 0.25) is 5.02 Å². The van der Waals surface area contributed by atoms with Gasteiger partial charge in [-0.1, -0.05) is 23.7 Å². The Kier molecular flexibility index (Phi) is 6.89. The Bertz CT molecular complexity index is 1200. The number of aliphatic carboxylic acids is 1. The maximum Gasteiger partial charge on any atom is 0.416 e.